The topological polar surface area (TPSA) is 0 Å². The van der Waals surface area contributed by atoms with Gasteiger partial charge in [-0.3, -0.25) is 0 Å². The quantitative estimate of drug-likeness (QED) is 0.554. The molecule has 0 aliphatic carbocycles. The molecule has 2 nitrogen and oxygen atoms in total. The highest BCUT2D eigenvalue weighted by molar-refractivity contribution is 4.38. The van der Waals surface area contributed by atoms with Crippen molar-refractivity contribution in [1.29, 1.82) is 0 Å². The number of nitrogens with zero attached hydrogens (tertiary/aromatic N) is 2. The molecule has 0 unspecified atom stereocenters. The van der Waals surface area contributed by atoms with Crippen LogP contribution in [-0.2, 0) is 0 Å². The Balaban J connectivity index is 4.14. The summed E-state index contributed by atoms with van der Waals surface area (Å²) >= 11 is 0. The zero-order valence-corrected chi connectivity index (χ0v) is 11.1. The average Bonchev–Trinajstić information content (AvgIpc) is 2.25. The molecule has 0 rings (SSSR count). The van der Waals surface area contributed by atoms with Crippen LogP contribution in [0.15, 0.2) is 0 Å². The van der Waals surface area contributed by atoms with Gasteiger partial charge in [0, 0.05) is 0 Å². The van der Waals surface area contributed by atoms with E-state index in [-0.39, 0.29) is 0 Å². The molecule has 0 aromatic rings. The molecule has 0 saturated carbocycles. The fourth-order valence-electron chi connectivity index (χ4n) is 1.56. The molecule has 0 aromatic carbocycles. The molecule has 0 radical (unpaired) electrons. The van der Waals surface area contributed by atoms with Gasteiger partial charge in [0.15, 0.2) is 0 Å². The smallest absolute Gasteiger partial charge is 0.128 e. The van der Waals surface area contributed by atoms with Gasteiger partial charge in [0.2, 0.25) is 0 Å². The van der Waals surface area contributed by atoms with Gasteiger partial charge in [-0.15, -0.1) is 0 Å². The molecule has 0 bridgehead atoms. The highest BCUT2D eigenvalue weighted by Gasteiger charge is 2.23. The van der Waals surface area contributed by atoms with Crippen LogP contribution in [0, 0.1) is 0 Å². The molecule has 0 aromatic heterocycles. The third kappa shape index (κ3) is 3.97. The highest BCUT2D eigenvalue weighted by Crippen LogP contribution is 2.06. The van der Waals surface area contributed by atoms with Crippen LogP contribution in [-0.4, -0.2) is 62.3 Å². The predicted molar refractivity (Wildman–Crippen MR) is 64.3 cm³/mol. The van der Waals surface area contributed by atoms with Crippen LogP contribution in [0.25, 0.3) is 0 Å². The standard InChI is InChI=1S/C12H30N2/c1-7-13(5,8-2)11-12-14(6,9-3)10-4/h7-12H2,1-6H3/q+2. The Morgan fingerprint density at radius 1 is 0.571 bits per heavy atom. The minimum Gasteiger partial charge on any atom is -0.322 e. The largest absolute Gasteiger partial charge is 0.322 e. The lowest BCUT2D eigenvalue weighted by Gasteiger charge is -2.38. The van der Waals surface area contributed by atoms with Crippen LogP contribution in [0.5, 0.6) is 0 Å². The molecular formula is C12H30N2+2. The van der Waals surface area contributed by atoms with Gasteiger partial charge in [-0.05, 0) is 27.7 Å². The van der Waals surface area contributed by atoms with Gasteiger partial charge in [-0.2, -0.15) is 0 Å². The van der Waals surface area contributed by atoms with Gasteiger partial charge in [0.1, 0.15) is 13.1 Å². The van der Waals surface area contributed by atoms with E-state index in [0.717, 1.165) is 0 Å². The summed E-state index contributed by atoms with van der Waals surface area (Å²) in [5.74, 6) is 0. The molecule has 0 aliphatic rings. The summed E-state index contributed by atoms with van der Waals surface area (Å²) in [5, 5.41) is 0. The monoisotopic (exact) mass is 202 g/mol. The zero-order chi connectivity index (χ0) is 11.2. The minimum absolute atomic E-state index is 1.22. The first-order valence-corrected chi connectivity index (χ1v) is 6.12. The zero-order valence-electron chi connectivity index (χ0n) is 11.1. The van der Waals surface area contributed by atoms with Crippen molar-refractivity contribution in [3.8, 4) is 0 Å². The molecule has 86 valence electrons. The van der Waals surface area contributed by atoms with E-state index in [1.165, 1.54) is 48.2 Å². The van der Waals surface area contributed by atoms with Gasteiger partial charge >= 0.3 is 0 Å². The van der Waals surface area contributed by atoms with Gasteiger partial charge in [-0.25, -0.2) is 0 Å². The van der Waals surface area contributed by atoms with Crippen molar-refractivity contribution in [2.75, 3.05) is 53.4 Å². The first kappa shape index (κ1) is 13.9. The summed E-state index contributed by atoms with van der Waals surface area (Å²) in [7, 11) is 4.74. The Hall–Kier alpha value is -0.0800. The second kappa shape index (κ2) is 5.72. The summed E-state index contributed by atoms with van der Waals surface area (Å²) in [6.45, 7) is 16.8. The maximum absolute atomic E-state index is 2.37. The molecule has 0 N–H and O–H groups in total. The van der Waals surface area contributed by atoms with Crippen molar-refractivity contribution in [2.45, 2.75) is 27.7 Å². The minimum atomic E-state index is 1.22. The maximum atomic E-state index is 2.37. The van der Waals surface area contributed by atoms with E-state index in [2.05, 4.69) is 41.8 Å². The summed E-state index contributed by atoms with van der Waals surface area (Å²) in [6, 6.07) is 0. The lowest BCUT2D eigenvalue weighted by molar-refractivity contribution is -0.960. The van der Waals surface area contributed by atoms with Crippen LogP contribution in [0.1, 0.15) is 27.7 Å². The molecular weight excluding hydrogens is 172 g/mol. The Morgan fingerprint density at radius 2 is 0.786 bits per heavy atom. The third-order valence-electron chi connectivity index (χ3n) is 4.23. The van der Waals surface area contributed by atoms with Gasteiger partial charge in [-0.1, -0.05) is 0 Å². The average molecular weight is 202 g/mol. The molecule has 0 spiro atoms. The summed E-state index contributed by atoms with van der Waals surface area (Å²) < 4.78 is 2.43. The normalized spacial score (nSPS) is 13.3. The molecule has 14 heavy (non-hydrogen) atoms. The van der Waals surface area contributed by atoms with Crippen LogP contribution >= 0.6 is 0 Å². The number of hydrogen-bond donors (Lipinski definition) is 0. The first-order chi connectivity index (χ1) is 6.45. The van der Waals surface area contributed by atoms with E-state index < -0.39 is 0 Å². The fourth-order valence-corrected chi connectivity index (χ4v) is 1.56. The molecule has 0 atom stereocenters. The molecule has 0 saturated heterocycles. The van der Waals surface area contributed by atoms with Crippen molar-refractivity contribution in [3.63, 3.8) is 0 Å². The number of likely N-dealkylation sites (N-methyl/N-ethyl adjacent to an activating group) is 2. The summed E-state index contributed by atoms with van der Waals surface area (Å²) in [4.78, 5) is 0. The van der Waals surface area contributed by atoms with Gasteiger partial charge < -0.3 is 8.97 Å². The van der Waals surface area contributed by atoms with Crippen molar-refractivity contribution in [2.24, 2.45) is 0 Å². The maximum Gasteiger partial charge on any atom is 0.128 e. The molecule has 0 heterocycles. The molecule has 0 fully saturated rings. The molecule has 2 heteroatoms. The third-order valence-corrected chi connectivity index (χ3v) is 4.23. The predicted octanol–water partition coefficient (Wildman–Crippen LogP) is 1.96. The highest BCUT2D eigenvalue weighted by atomic mass is 15.4. The lowest BCUT2D eigenvalue weighted by atomic mass is 10.3. The second-order valence-electron chi connectivity index (χ2n) is 4.95. The van der Waals surface area contributed by atoms with E-state index in [1.807, 2.05) is 0 Å². The Bertz CT molecular complexity index is 128. The summed E-state index contributed by atoms with van der Waals surface area (Å²) in [6.07, 6.45) is 0. The van der Waals surface area contributed by atoms with Crippen molar-refractivity contribution < 1.29 is 8.97 Å². The molecule has 0 amide bonds. The van der Waals surface area contributed by atoms with Gasteiger partial charge in [0.05, 0.1) is 40.3 Å². The SMILES string of the molecule is CC[N+](C)(CC)CC[N+](C)(CC)CC. The van der Waals surface area contributed by atoms with Crippen molar-refractivity contribution >= 4 is 0 Å². The van der Waals surface area contributed by atoms with E-state index in [1.54, 1.807) is 0 Å². The molecule has 0 aliphatic heterocycles. The van der Waals surface area contributed by atoms with E-state index >= 15 is 0 Å². The summed E-state index contributed by atoms with van der Waals surface area (Å²) in [5.41, 5.74) is 0. The van der Waals surface area contributed by atoms with Crippen LogP contribution < -0.4 is 0 Å². The first-order valence-electron chi connectivity index (χ1n) is 6.12. The van der Waals surface area contributed by atoms with E-state index in [0.29, 0.717) is 0 Å². The fraction of sp³-hybridized carbons (Fsp3) is 1.00. The van der Waals surface area contributed by atoms with Crippen molar-refractivity contribution in [1.82, 2.24) is 0 Å². The van der Waals surface area contributed by atoms with E-state index in [9.17, 15) is 0 Å². The lowest BCUT2D eigenvalue weighted by Crippen LogP contribution is -2.54. The van der Waals surface area contributed by atoms with Crippen molar-refractivity contribution in [3.05, 3.63) is 0 Å². The van der Waals surface area contributed by atoms with E-state index in [4.69, 9.17) is 0 Å². The Labute approximate surface area is 90.7 Å². The number of quaternary nitrogens is 2. The number of rotatable bonds is 7. The van der Waals surface area contributed by atoms with Gasteiger partial charge in [0.25, 0.3) is 0 Å². The second-order valence-corrected chi connectivity index (χ2v) is 4.95. The van der Waals surface area contributed by atoms with Crippen LogP contribution in [0.3, 0.4) is 0 Å². The van der Waals surface area contributed by atoms with Crippen LogP contribution in [0.2, 0.25) is 0 Å². The number of hydrogen-bond acceptors (Lipinski definition) is 0. The Morgan fingerprint density at radius 3 is 0.929 bits per heavy atom. The Kier molecular flexibility index (Phi) is 5.68. The van der Waals surface area contributed by atoms with Crippen LogP contribution in [0.4, 0.5) is 0 Å².